The number of rotatable bonds is 7. The van der Waals surface area contributed by atoms with Gasteiger partial charge in [-0.3, -0.25) is 9.59 Å². The van der Waals surface area contributed by atoms with Crippen molar-refractivity contribution in [2.75, 3.05) is 11.9 Å². The Bertz CT molecular complexity index is 737. The molecule has 1 amide bonds. The minimum Gasteiger partial charge on any atom is -0.493 e. The van der Waals surface area contributed by atoms with Gasteiger partial charge in [0.2, 0.25) is 0 Å². The van der Waals surface area contributed by atoms with Gasteiger partial charge in [0.15, 0.2) is 6.10 Å². The predicted octanol–water partition coefficient (Wildman–Crippen LogP) is 3.30. The molecule has 0 fully saturated rings. The number of carbonyl (C=O) groups is 2. The lowest BCUT2D eigenvalue weighted by Crippen LogP contribution is -2.30. The van der Waals surface area contributed by atoms with E-state index in [9.17, 15) is 18.4 Å². The Labute approximate surface area is 143 Å². The lowest BCUT2D eigenvalue weighted by atomic mass is 10.2. The molecule has 1 unspecified atom stereocenters. The van der Waals surface area contributed by atoms with Gasteiger partial charge in [-0.1, -0.05) is 18.2 Å². The van der Waals surface area contributed by atoms with Gasteiger partial charge in [-0.25, -0.2) is 8.78 Å². The van der Waals surface area contributed by atoms with Gasteiger partial charge in [0.25, 0.3) is 5.91 Å². The van der Waals surface area contributed by atoms with E-state index in [4.69, 9.17) is 9.47 Å². The number of halogens is 2. The van der Waals surface area contributed by atoms with Crippen molar-refractivity contribution in [3.8, 4) is 5.75 Å². The number of amides is 1. The molecular formula is C18H17F2NO4. The second-order valence-electron chi connectivity index (χ2n) is 5.16. The van der Waals surface area contributed by atoms with Crippen LogP contribution in [0.4, 0.5) is 14.5 Å². The quantitative estimate of drug-likeness (QED) is 0.779. The number of para-hydroxylation sites is 1. The van der Waals surface area contributed by atoms with Crippen LogP contribution in [0.15, 0.2) is 48.5 Å². The summed E-state index contributed by atoms with van der Waals surface area (Å²) in [6.45, 7) is 1.43. The van der Waals surface area contributed by atoms with Crippen LogP contribution in [0.1, 0.15) is 13.3 Å². The Morgan fingerprint density at radius 2 is 1.84 bits per heavy atom. The zero-order valence-corrected chi connectivity index (χ0v) is 13.5. The fourth-order valence-electron chi connectivity index (χ4n) is 1.91. The standard InChI is InChI=1S/C18H17F2NO4/c1-12(18(23)21-16-11-13(19)7-8-15(16)20)25-17(22)9-10-24-14-5-3-2-4-6-14/h2-8,11-12H,9-10H2,1H3,(H,21,23). The highest BCUT2D eigenvalue weighted by molar-refractivity contribution is 5.95. The molecule has 0 saturated heterocycles. The molecule has 7 heteroatoms. The Balaban J connectivity index is 1.78. The lowest BCUT2D eigenvalue weighted by molar-refractivity contribution is -0.153. The zero-order chi connectivity index (χ0) is 18.2. The fourth-order valence-corrected chi connectivity index (χ4v) is 1.91. The maximum absolute atomic E-state index is 13.5. The first-order valence-electron chi connectivity index (χ1n) is 7.59. The van der Waals surface area contributed by atoms with E-state index >= 15 is 0 Å². The van der Waals surface area contributed by atoms with E-state index in [0.717, 1.165) is 18.2 Å². The van der Waals surface area contributed by atoms with Crippen molar-refractivity contribution in [2.45, 2.75) is 19.4 Å². The topological polar surface area (TPSA) is 64.6 Å². The summed E-state index contributed by atoms with van der Waals surface area (Å²) in [6, 6.07) is 11.6. The first-order chi connectivity index (χ1) is 12.0. The van der Waals surface area contributed by atoms with Gasteiger partial charge in [0, 0.05) is 6.07 Å². The van der Waals surface area contributed by atoms with E-state index in [0.29, 0.717) is 5.75 Å². The van der Waals surface area contributed by atoms with Crippen LogP contribution in [-0.4, -0.2) is 24.6 Å². The van der Waals surface area contributed by atoms with Crippen LogP contribution >= 0.6 is 0 Å². The largest absolute Gasteiger partial charge is 0.493 e. The number of esters is 1. The van der Waals surface area contributed by atoms with Crippen LogP contribution in [-0.2, 0) is 14.3 Å². The van der Waals surface area contributed by atoms with Gasteiger partial charge in [-0.05, 0) is 31.2 Å². The number of hydrogen-bond donors (Lipinski definition) is 1. The van der Waals surface area contributed by atoms with Crippen LogP contribution in [0.5, 0.6) is 5.75 Å². The van der Waals surface area contributed by atoms with Gasteiger partial charge < -0.3 is 14.8 Å². The van der Waals surface area contributed by atoms with E-state index in [1.54, 1.807) is 24.3 Å². The third-order valence-electron chi connectivity index (χ3n) is 3.18. The highest BCUT2D eigenvalue weighted by atomic mass is 19.1. The van der Waals surface area contributed by atoms with Crippen molar-refractivity contribution in [3.05, 3.63) is 60.2 Å². The number of benzene rings is 2. The summed E-state index contributed by atoms with van der Waals surface area (Å²) < 4.78 is 36.8. The van der Waals surface area contributed by atoms with E-state index in [2.05, 4.69) is 5.32 Å². The highest BCUT2D eigenvalue weighted by Crippen LogP contribution is 2.16. The van der Waals surface area contributed by atoms with Crippen LogP contribution in [0.25, 0.3) is 0 Å². The molecule has 2 aromatic rings. The van der Waals surface area contributed by atoms with E-state index < -0.39 is 29.6 Å². The Morgan fingerprint density at radius 3 is 2.56 bits per heavy atom. The lowest BCUT2D eigenvalue weighted by Gasteiger charge is -2.14. The van der Waals surface area contributed by atoms with Crippen LogP contribution in [0.2, 0.25) is 0 Å². The first kappa shape index (κ1) is 18.4. The third-order valence-corrected chi connectivity index (χ3v) is 3.18. The van der Waals surface area contributed by atoms with Crippen LogP contribution in [0, 0.1) is 11.6 Å². The van der Waals surface area contributed by atoms with Gasteiger partial charge in [-0.15, -0.1) is 0 Å². The average molecular weight is 349 g/mol. The average Bonchev–Trinajstić information content (AvgIpc) is 2.59. The molecule has 1 N–H and O–H groups in total. The molecule has 5 nitrogen and oxygen atoms in total. The summed E-state index contributed by atoms with van der Waals surface area (Å²) in [5, 5.41) is 2.18. The molecule has 0 bridgehead atoms. The number of ether oxygens (including phenoxy) is 2. The van der Waals surface area contributed by atoms with E-state index in [-0.39, 0.29) is 18.7 Å². The summed E-state index contributed by atoms with van der Waals surface area (Å²) in [6.07, 6.45) is -1.22. The summed E-state index contributed by atoms with van der Waals surface area (Å²) in [4.78, 5) is 23.6. The van der Waals surface area contributed by atoms with Gasteiger partial charge in [0.05, 0.1) is 18.7 Å². The molecule has 2 rings (SSSR count). The maximum Gasteiger partial charge on any atom is 0.310 e. The number of nitrogens with one attached hydrogen (secondary N) is 1. The second kappa shape index (κ2) is 8.77. The molecular weight excluding hydrogens is 332 g/mol. The van der Waals surface area contributed by atoms with Gasteiger partial charge >= 0.3 is 5.97 Å². The van der Waals surface area contributed by atoms with Crippen molar-refractivity contribution in [1.82, 2.24) is 0 Å². The number of carbonyl (C=O) groups excluding carboxylic acids is 2. The summed E-state index contributed by atoms with van der Waals surface area (Å²) >= 11 is 0. The zero-order valence-electron chi connectivity index (χ0n) is 13.5. The highest BCUT2D eigenvalue weighted by Gasteiger charge is 2.19. The first-order valence-corrected chi connectivity index (χ1v) is 7.59. The molecule has 0 aromatic heterocycles. The minimum absolute atomic E-state index is 0.0547. The molecule has 0 saturated carbocycles. The van der Waals surface area contributed by atoms with Crippen molar-refractivity contribution in [2.24, 2.45) is 0 Å². The van der Waals surface area contributed by atoms with Crippen molar-refractivity contribution in [1.29, 1.82) is 0 Å². The molecule has 0 heterocycles. The van der Waals surface area contributed by atoms with E-state index in [1.165, 1.54) is 6.92 Å². The molecule has 0 radical (unpaired) electrons. The van der Waals surface area contributed by atoms with Crippen molar-refractivity contribution < 1.29 is 27.8 Å². The number of hydrogen-bond acceptors (Lipinski definition) is 4. The molecule has 0 spiro atoms. The van der Waals surface area contributed by atoms with Crippen molar-refractivity contribution in [3.63, 3.8) is 0 Å². The smallest absolute Gasteiger partial charge is 0.310 e. The third kappa shape index (κ3) is 5.87. The van der Waals surface area contributed by atoms with Crippen LogP contribution in [0.3, 0.4) is 0 Å². The Hall–Kier alpha value is -2.96. The normalized spacial score (nSPS) is 11.5. The molecule has 2 aromatic carbocycles. The van der Waals surface area contributed by atoms with Gasteiger partial charge in [0.1, 0.15) is 17.4 Å². The SMILES string of the molecule is CC(OC(=O)CCOc1ccccc1)C(=O)Nc1cc(F)ccc1F. The summed E-state index contributed by atoms with van der Waals surface area (Å²) in [5.74, 6) is -2.27. The fraction of sp³-hybridized carbons (Fsp3) is 0.222. The second-order valence-corrected chi connectivity index (χ2v) is 5.16. The minimum atomic E-state index is -1.16. The monoisotopic (exact) mass is 349 g/mol. The maximum atomic E-state index is 13.5. The van der Waals surface area contributed by atoms with Crippen LogP contribution < -0.4 is 10.1 Å². The Morgan fingerprint density at radius 1 is 1.12 bits per heavy atom. The Kier molecular flexibility index (Phi) is 6.45. The molecule has 0 aliphatic rings. The van der Waals surface area contributed by atoms with Crippen molar-refractivity contribution >= 4 is 17.6 Å². The summed E-state index contributed by atoms with van der Waals surface area (Å²) in [5.41, 5.74) is -0.319. The van der Waals surface area contributed by atoms with E-state index in [1.807, 2.05) is 6.07 Å². The molecule has 132 valence electrons. The molecule has 1 atom stereocenters. The summed E-state index contributed by atoms with van der Waals surface area (Å²) in [7, 11) is 0. The predicted molar refractivity (Wildman–Crippen MR) is 87.1 cm³/mol. The van der Waals surface area contributed by atoms with Gasteiger partial charge in [-0.2, -0.15) is 0 Å². The molecule has 0 aliphatic carbocycles. The molecule has 25 heavy (non-hydrogen) atoms. The molecule has 0 aliphatic heterocycles. The number of anilines is 1.